The Kier molecular flexibility index (Phi) is 2.71. The van der Waals surface area contributed by atoms with Crippen LogP contribution in [0.4, 0.5) is 0 Å². The molecule has 0 bridgehead atoms. The van der Waals surface area contributed by atoms with Gasteiger partial charge >= 0.3 is 5.97 Å². The van der Waals surface area contributed by atoms with Crippen molar-refractivity contribution >= 4 is 5.97 Å². The van der Waals surface area contributed by atoms with Crippen molar-refractivity contribution in [1.82, 2.24) is 0 Å². The zero-order valence-electron chi connectivity index (χ0n) is 9.38. The Hall–Kier alpha value is -1.75. The Morgan fingerprint density at radius 2 is 2.06 bits per heavy atom. The van der Waals surface area contributed by atoms with Crippen molar-refractivity contribution in [1.29, 1.82) is 0 Å². The molecule has 1 unspecified atom stereocenters. The third-order valence-electron chi connectivity index (χ3n) is 3.27. The van der Waals surface area contributed by atoms with E-state index in [-0.39, 0.29) is 11.5 Å². The Bertz CT molecular complexity index is 450. The molecule has 0 amide bonds. The number of carboxylic acid groups (broad SMARTS) is 1. The Morgan fingerprint density at radius 1 is 1.41 bits per heavy atom. The van der Waals surface area contributed by atoms with Crippen LogP contribution in [0.1, 0.15) is 18.4 Å². The van der Waals surface area contributed by atoms with Crippen molar-refractivity contribution in [2.45, 2.75) is 24.4 Å². The molecular weight excluding hydrogens is 224 g/mol. The third-order valence-corrected chi connectivity index (χ3v) is 3.27. The number of phenolic OH excluding ortho intramolecular Hbond substituents is 2. The molecule has 1 aliphatic rings. The fraction of sp³-hybridized carbons (Fsp3) is 0.417. The van der Waals surface area contributed by atoms with Gasteiger partial charge in [-0.25, -0.2) is 4.79 Å². The second-order valence-electron chi connectivity index (χ2n) is 4.31. The average Bonchev–Trinajstić information content (AvgIpc) is 2.99. The maximum atomic E-state index is 11.1. The van der Waals surface area contributed by atoms with Crippen LogP contribution in [-0.2, 0) is 14.9 Å². The lowest BCUT2D eigenvalue weighted by Gasteiger charge is -2.23. The largest absolute Gasteiger partial charge is 0.508 e. The van der Waals surface area contributed by atoms with Gasteiger partial charge in [-0.1, -0.05) is 6.07 Å². The van der Waals surface area contributed by atoms with Crippen LogP contribution < -0.4 is 0 Å². The van der Waals surface area contributed by atoms with E-state index in [1.165, 1.54) is 19.2 Å². The summed E-state index contributed by atoms with van der Waals surface area (Å²) in [6, 6.07) is 4.19. The van der Waals surface area contributed by atoms with Gasteiger partial charge in [0.1, 0.15) is 11.5 Å². The van der Waals surface area contributed by atoms with Crippen LogP contribution >= 0.6 is 0 Å². The number of carboxylic acids is 1. The van der Waals surface area contributed by atoms with Gasteiger partial charge < -0.3 is 20.1 Å². The first kappa shape index (κ1) is 11.7. The minimum Gasteiger partial charge on any atom is -0.508 e. The van der Waals surface area contributed by atoms with Gasteiger partial charge in [-0.05, 0) is 18.9 Å². The first-order chi connectivity index (χ1) is 8.01. The van der Waals surface area contributed by atoms with E-state index in [1.807, 2.05) is 0 Å². The molecule has 1 aromatic carbocycles. The zero-order valence-corrected chi connectivity index (χ0v) is 9.38. The molecular formula is C12H14O5. The van der Waals surface area contributed by atoms with E-state index in [4.69, 9.17) is 9.84 Å². The normalized spacial score (nSPS) is 18.6. The molecule has 1 fully saturated rings. The summed E-state index contributed by atoms with van der Waals surface area (Å²) >= 11 is 0. The maximum Gasteiger partial charge on any atom is 0.333 e. The summed E-state index contributed by atoms with van der Waals surface area (Å²) in [6.45, 7) is 0. The average molecular weight is 238 g/mol. The summed E-state index contributed by atoms with van der Waals surface area (Å²) in [6.07, 6.45) is 0.324. The Balaban J connectivity index is 2.41. The third kappa shape index (κ3) is 1.82. The molecule has 2 rings (SSSR count). The van der Waals surface area contributed by atoms with E-state index in [1.54, 1.807) is 6.07 Å². The number of benzene rings is 1. The highest BCUT2D eigenvalue weighted by atomic mass is 16.5. The van der Waals surface area contributed by atoms with Crippen molar-refractivity contribution in [2.75, 3.05) is 7.11 Å². The molecule has 1 saturated carbocycles. The SMILES string of the molecule is COC(C(=O)O)C1(c2ccc(O)cc2O)CC1. The lowest BCUT2D eigenvalue weighted by Crippen LogP contribution is -2.35. The molecule has 0 aromatic heterocycles. The topological polar surface area (TPSA) is 87.0 Å². The van der Waals surface area contributed by atoms with Gasteiger partial charge in [0.15, 0.2) is 6.10 Å². The molecule has 0 saturated heterocycles. The van der Waals surface area contributed by atoms with Gasteiger partial charge in [-0.2, -0.15) is 0 Å². The number of aromatic hydroxyl groups is 2. The molecule has 1 atom stereocenters. The molecule has 0 aliphatic heterocycles. The van der Waals surface area contributed by atoms with Gasteiger partial charge in [-0.3, -0.25) is 0 Å². The summed E-state index contributed by atoms with van der Waals surface area (Å²) in [5, 5.41) is 28.1. The lowest BCUT2D eigenvalue weighted by molar-refractivity contribution is -0.150. The van der Waals surface area contributed by atoms with Crippen LogP contribution in [0.25, 0.3) is 0 Å². The van der Waals surface area contributed by atoms with E-state index in [0.717, 1.165) is 0 Å². The van der Waals surface area contributed by atoms with E-state index >= 15 is 0 Å². The lowest BCUT2D eigenvalue weighted by atomic mass is 9.89. The fourth-order valence-electron chi connectivity index (χ4n) is 2.31. The molecule has 1 aromatic rings. The highest BCUT2D eigenvalue weighted by Gasteiger charge is 2.55. The van der Waals surface area contributed by atoms with E-state index in [2.05, 4.69) is 0 Å². The summed E-state index contributed by atoms with van der Waals surface area (Å²) in [5.41, 5.74) is -0.150. The molecule has 0 radical (unpaired) electrons. The molecule has 17 heavy (non-hydrogen) atoms. The maximum absolute atomic E-state index is 11.1. The van der Waals surface area contributed by atoms with Gasteiger partial charge in [0.25, 0.3) is 0 Å². The van der Waals surface area contributed by atoms with E-state index < -0.39 is 17.5 Å². The number of rotatable bonds is 4. The predicted molar refractivity (Wildman–Crippen MR) is 59.1 cm³/mol. The summed E-state index contributed by atoms with van der Waals surface area (Å²) < 4.78 is 5.01. The number of carbonyl (C=O) groups is 1. The van der Waals surface area contributed by atoms with Crippen LogP contribution in [0.2, 0.25) is 0 Å². The van der Waals surface area contributed by atoms with Crippen LogP contribution in [0.5, 0.6) is 11.5 Å². The number of hydrogen-bond donors (Lipinski definition) is 3. The fourth-order valence-corrected chi connectivity index (χ4v) is 2.31. The van der Waals surface area contributed by atoms with Crippen LogP contribution in [0.3, 0.4) is 0 Å². The molecule has 1 aliphatic carbocycles. The number of methoxy groups -OCH3 is 1. The van der Waals surface area contributed by atoms with Gasteiger partial charge in [0, 0.05) is 24.2 Å². The zero-order chi connectivity index (χ0) is 12.6. The van der Waals surface area contributed by atoms with Crippen molar-refractivity contribution in [3.63, 3.8) is 0 Å². The van der Waals surface area contributed by atoms with Gasteiger partial charge in [-0.15, -0.1) is 0 Å². The summed E-state index contributed by atoms with van der Waals surface area (Å²) in [5.74, 6) is -1.19. The van der Waals surface area contributed by atoms with Crippen molar-refractivity contribution < 1.29 is 24.9 Å². The molecule has 3 N–H and O–H groups in total. The molecule has 5 heteroatoms. The second-order valence-corrected chi connectivity index (χ2v) is 4.31. The summed E-state index contributed by atoms with van der Waals surface area (Å²) in [4.78, 5) is 11.1. The number of hydrogen-bond acceptors (Lipinski definition) is 4. The highest BCUT2D eigenvalue weighted by molar-refractivity contribution is 5.76. The van der Waals surface area contributed by atoms with Crippen molar-refractivity contribution in [3.8, 4) is 11.5 Å². The standard InChI is InChI=1S/C12H14O5/c1-17-10(11(15)16)12(4-5-12)8-3-2-7(13)6-9(8)14/h2-3,6,10,13-14H,4-5H2,1H3,(H,15,16). The minimum absolute atomic E-state index is 0.0497. The van der Waals surface area contributed by atoms with Gasteiger partial charge in [0.2, 0.25) is 0 Å². The number of ether oxygens (including phenoxy) is 1. The number of aliphatic carboxylic acids is 1. The predicted octanol–water partition coefficient (Wildman–Crippen LogP) is 1.23. The quantitative estimate of drug-likeness (QED) is 0.734. The van der Waals surface area contributed by atoms with Gasteiger partial charge in [0.05, 0.1) is 0 Å². The van der Waals surface area contributed by atoms with Crippen LogP contribution in [-0.4, -0.2) is 34.5 Å². The molecule has 0 heterocycles. The Labute approximate surface area is 98.3 Å². The smallest absolute Gasteiger partial charge is 0.333 e. The van der Waals surface area contributed by atoms with Crippen molar-refractivity contribution in [3.05, 3.63) is 23.8 Å². The minimum atomic E-state index is -1.04. The Morgan fingerprint density at radius 3 is 2.47 bits per heavy atom. The van der Waals surface area contributed by atoms with E-state index in [0.29, 0.717) is 18.4 Å². The van der Waals surface area contributed by atoms with Crippen LogP contribution in [0.15, 0.2) is 18.2 Å². The highest BCUT2D eigenvalue weighted by Crippen LogP contribution is 2.54. The summed E-state index contributed by atoms with van der Waals surface area (Å²) in [7, 11) is 1.34. The van der Waals surface area contributed by atoms with E-state index in [9.17, 15) is 15.0 Å². The number of phenols is 2. The van der Waals surface area contributed by atoms with Crippen LogP contribution in [0, 0.1) is 0 Å². The monoisotopic (exact) mass is 238 g/mol. The van der Waals surface area contributed by atoms with Crippen molar-refractivity contribution in [2.24, 2.45) is 0 Å². The first-order valence-electron chi connectivity index (χ1n) is 5.29. The molecule has 0 spiro atoms. The molecule has 92 valence electrons. The first-order valence-corrected chi connectivity index (χ1v) is 5.29. The second kappa shape index (κ2) is 3.92. The molecule has 5 nitrogen and oxygen atoms in total.